The van der Waals surface area contributed by atoms with Crippen molar-refractivity contribution < 1.29 is 14.3 Å². The average Bonchev–Trinajstić information content (AvgIpc) is 2.83. The lowest BCUT2D eigenvalue weighted by molar-refractivity contribution is 0.0682. The van der Waals surface area contributed by atoms with Gasteiger partial charge >= 0.3 is 5.97 Å². The largest absolute Gasteiger partial charge is 0.475 e. The first-order chi connectivity index (χ1) is 7.16. The normalized spacial score (nSPS) is 29.1. The highest BCUT2D eigenvalue weighted by Crippen LogP contribution is 2.48. The number of rotatable bonds is 2. The van der Waals surface area contributed by atoms with Gasteiger partial charge < -0.3 is 5.11 Å². The summed E-state index contributed by atoms with van der Waals surface area (Å²) in [4.78, 5) is 14.4. The van der Waals surface area contributed by atoms with E-state index in [0.717, 1.165) is 12.8 Å². The van der Waals surface area contributed by atoms with Crippen molar-refractivity contribution >= 4 is 5.97 Å². The summed E-state index contributed by atoms with van der Waals surface area (Å²) in [6.45, 7) is 0. The number of carbonyl (C=O) groups is 1. The summed E-state index contributed by atoms with van der Waals surface area (Å²) in [5, 5.41) is 12.6. The van der Waals surface area contributed by atoms with Gasteiger partial charge in [0.1, 0.15) is 0 Å². The third-order valence-electron chi connectivity index (χ3n) is 3.06. The number of alkyl halides is 1. The monoisotopic (exact) mass is 211 g/mol. The molecule has 0 radical (unpaired) electrons. The first-order valence-electron chi connectivity index (χ1n) is 5.00. The van der Waals surface area contributed by atoms with Crippen molar-refractivity contribution in [1.82, 2.24) is 14.8 Å². The Bertz CT molecular complexity index is 427. The van der Waals surface area contributed by atoms with E-state index < -0.39 is 12.1 Å². The lowest BCUT2D eigenvalue weighted by Gasteiger charge is -2.08. The minimum absolute atomic E-state index is 0.0237. The van der Waals surface area contributed by atoms with Crippen molar-refractivity contribution in [2.45, 2.75) is 31.5 Å². The fourth-order valence-corrected chi connectivity index (χ4v) is 2.17. The van der Waals surface area contributed by atoms with Crippen LogP contribution in [0.15, 0.2) is 0 Å². The smallest absolute Gasteiger partial charge is 0.375 e. The van der Waals surface area contributed by atoms with E-state index in [0.29, 0.717) is 12.3 Å². The van der Waals surface area contributed by atoms with Crippen LogP contribution in [0, 0.1) is 5.92 Å². The summed E-state index contributed by atoms with van der Waals surface area (Å²) in [6, 6.07) is 0.0237. The number of aromatic nitrogens is 3. The Labute approximate surface area is 84.9 Å². The molecule has 1 aromatic rings. The van der Waals surface area contributed by atoms with Gasteiger partial charge in [0.25, 0.3) is 5.82 Å². The maximum atomic E-state index is 13.5. The molecule has 1 aliphatic carbocycles. The van der Waals surface area contributed by atoms with Crippen LogP contribution < -0.4 is 0 Å². The van der Waals surface area contributed by atoms with Gasteiger partial charge in [0, 0.05) is 6.42 Å². The van der Waals surface area contributed by atoms with Gasteiger partial charge in [-0.1, -0.05) is 0 Å². The van der Waals surface area contributed by atoms with E-state index in [1.54, 1.807) is 0 Å². The number of aromatic carboxylic acids is 1. The number of hydrogen-bond donors (Lipinski definition) is 1. The van der Waals surface area contributed by atoms with Crippen molar-refractivity contribution in [3.63, 3.8) is 0 Å². The molecule has 0 aromatic carbocycles. The summed E-state index contributed by atoms with van der Waals surface area (Å²) >= 11 is 0. The Hall–Kier alpha value is -1.46. The quantitative estimate of drug-likeness (QED) is 0.801. The van der Waals surface area contributed by atoms with Gasteiger partial charge in [-0.15, -0.1) is 5.10 Å². The van der Waals surface area contributed by atoms with Gasteiger partial charge in [0.2, 0.25) is 0 Å². The van der Waals surface area contributed by atoms with Crippen LogP contribution >= 0.6 is 0 Å². The van der Waals surface area contributed by atoms with E-state index in [-0.39, 0.29) is 17.7 Å². The van der Waals surface area contributed by atoms with E-state index in [1.807, 2.05) is 0 Å². The van der Waals surface area contributed by atoms with Gasteiger partial charge in [0.05, 0.1) is 6.04 Å². The highest BCUT2D eigenvalue weighted by atomic mass is 19.1. The topological polar surface area (TPSA) is 68.0 Å². The standard InChI is InChI=1S/C9H10FN3O2/c10-5-3-6(4-1-2-4)13-8(5)11-7(12-13)9(14)15/h4-6H,1-3H2,(H,14,15)/t5-,6?/m0/s1. The number of fused-ring (bicyclic) bond motifs is 1. The molecule has 2 aliphatic rings. The molecule has 1 fully saturated rings. The SMILES string of the molecule is O=C(O)c1nc2n(n1)C(C1CC1)C[C@@H]2F. The summed E-state index contributed by atoms with van der Waals surface area (Å²) in [7, 11) is 0. The minimum atomic E-state index is -1.20. The molecular formula is C9H10FN3O2. The van der Waals surface area contributed by atoms with Crippen LogP contribution in [0.5, 0.6) is 0 Å². The van der Waals surface area contributed by atoms with Gasteiger partial charge in [-0.2, -0.15) is 0 Å². The fraction of sp³-hybridized carbons (Fsp3) is 0.667. The minimum Gasteiger partial charge on any atom is -0.475 e. The van der Waals surface area contributed by atoms with Crippen LogP contribution in [-0.4, -0.2) is 25.8 Å². The lowest BCUT2D eigenvalue weighted by Crippen LogP contribution is -2.09. The molecule has 1 saturated carbocycles. The van der Waals surface area contributed by atoms with E-state index in [9.17, 15) is 9.18 Å². The van der Waals surface area contributed by atoms with Crippen molar-refractivity contribution in [2.75, 3.05) is 0 Å². The summed E-state index contributed by atoms with van der Waals surface area (Å²) in [6.07, 6.45) is 1.41. The van der Waals surface area contributed by atoms with Crippen molar-refractivity contribution in [3.05, 3.63) is 11.6 Å². The highest BCUT2D eigenvalue weighted by Gasteiger charge is 2.43. The Morgan fingerprint density at radius 2 is 2.27 bits per heavy atom. The molecule has 15 heavy (non-hydrogen) atoms. The Morgan fingerprint density at radius 1 is 1.53 bits per heavy atom. The molecule has 0 bridgehead atoms. The van der Waals surface area contributed by atoms with Gasteiger partial charge in [-0.3, -0.25) is 0 Å². The summed E-state index contributed by atoms with van der Waals surface area (Å²) < 4.78 is 15.0. The second-order valence-corrected chi connectivity index (χ2v) is 4.15. The number of nitrogens with zero attached hydrogens (tertiary/aromatic N) is 3. The molecule has 2 atom stereocenters. The van der Waals surface area contributed by atoms with Crippen molar-refractivity contribution in [2.24, 2.45) is 5.92 Å². The van der Waals surface area contributed by atoms with E-state index >= 15 is 0 Å². The average molecular weight is 211 g/mol. The predicted molar refractivity (Wildman–Crippen MR) is 47.2 cm³/mol. The zero-order valence-electron chi connectivity index (χ0n) is 7.93. The van der Waals surface area contributed by atoms with E-state index in [2.05, 4.69) is 10.1 Å². The summed E-state index contributed by atoms with van der Waals surface area (Å²) in [5.74, 6) is -0.839. The molecule has 2 heterocycles. The van der Waals surface area contributed by atoms with Crippen LogP contribution in [0.1, 0.15) is 47.9 Å². The van der Waals surface area contributed by atoms with Crippen molar-refractivity contribution in [1.29, 1.82) is 0 Å². The second-order valence-electron chi connectivity index (χ2n) is 4.15. The van der Waals surface area contributed by atoms with Gasteiger partial charge in [0.15, 0.2) is 12.0 Å². The maximum absolute atomic E-state index is 13.5. The number of hydrogen-bond acceptors (Lipinski definition) is 3. The highest BCUT2D eigenvalue weighted by molar-refractivity contribution is 5.82. The zero-order chi connectivity index (χ0) is 10.6. The first kappa shape index (κ1) is 8.82. The lowest BCUT2D eigenvalue weighted by atomic mass is 10.1. The molecular weight excluding hydrogens is 201 g/mol. The van der Waals surface area contributed by atoms with E-state index in [1.165, 1.54) is 4.68 Å². The number of carboxylic acid groups (broad SMARTS) is 1. The molecule has 80 valence electrons. The fourth-order valence-electron chi connectivity index (χ4n) is 2.17. The van der Waals surface area contributed by atoms with Gasteiger partial charge in [-0.25, -0.2) is 18.9 Å². The zero-order valence-corrected chi connectivity index (χ0v) is 7.93. The molecule has 1 unspecified atom stereocenters. The van der Waals surface area contributed by atoms with Crippen LogP contribution in [0.3, 0.4) is 0 Å². The third kappa shape index (κ3) is 1.24. The van der Waals surface area contributed by atoms with Crippen LogP contribution in [0.2, 0.25) is 0 Å². The third-order valence-corrected chi connectivity index (χ3v) is 3.06. The molecule has 0 amide bonds. The van der Waals surface area contributed by atoms with Crippen molar-refractivity contribution in [3.8, 4) is 0 Å². The molecule has 0 saturated heterocycles. The first-order valence-corrected chi connectivity index (χ1v) is 5.00. The van der Waals surface area contributed by atoms with E-state index in [4.69, 9.17) is 5.11 Å². The molecule has 0 spiro atoms. The molecule has 5 nitrogen and oxygen atoms in total. The molecule has 1 N–H and O–H groups in total. The Morgan fingerprint density at radius 3 is 2.87 bits per heavy atom. The number of halogens is 1. The Balaban J connectivity index is 2.01. The van der Waals surface area contributed by atoms with Crippen LogP contribution in [0.4, 0.5) is 4.39 Å². The van der Waals surface area contributed by atoms with Gasteiger partial charge in [-0.05, 0) is 18.8 Å². The molecule has 1 aliphatic heterocycles. The second kappa shape index (κ2) is 2.77. The predicted octanol–water partition coefficient (Wildman–Crippen LogP) is 1.34. The molecule has 6 heteroatoms. The molecule has 3 rings (SSSR count). The molecule has 1 aromatic heterocycles. The number of carboxylic acids is 1. The summed E-state index contributed by atoms with van der Waals surface area (Å²) in [5.41, 5.74) is 0. The van der Waals surface area contributed by atoms with Crippen LogP contribution in [0.25, 0.3) is 0 Å². The Kier molecular flexibility index (Phi) is 1.63. The maximum Gasteiger partial charge on any atom is 0.375 e. The van der Waals surface area contributed by atoms with Crippen LogP contribution in [-0.2, 0) is 0 Å².